The fourth-order valence-corrected chi connectivity index (χ4v) is 3.37. The van der Waals surface area contributed by atoms with Gasteiger partial charge in [0.1, 0.15) is 5.76 Å². The van der Waals surface area contributed by atoms with Crippen LogP contribution in [0.3, 0.4) is 0 Å². The second kappa shape index (κ2) is 4.96. The van der Waals surface area contributed by atoms with Gasteiger partial charge < -0.3 is 14.6 Å². The molecule has 0 bridgehead atoms. The summed E-state index contributed by atoms with van der Waals surface area (Å²) in [4.78, 5) is 26.4. The van der Waals surface area contributed by atoms with E-state index in [1.807, 2.05) is 4.90 Å². The summed E-state index contributed by atoms with van der Waals surface area (Å²) in [5.41, 5.74) is 0.400. The van der Waals surface area contributed by atoms with Crippen LogP contribution in [0.15, 0.2) is 16.7 Å². The van der Waals surface area contributed by atoms with Gasteiger partial charge in [-0.15, -0.1) is 0 Å². The predicted octanol–water partition coefficient (Wildman–Crippen LogP) is 1.72. The van der Waals surface area contributed by atoms with Gasteiger partial charge in [0, 0.05) is 19.6 Å². The number of amides is 2. The summed E-state index contributed by atoms with van der Waals surface area (Å²) in [6.07, 6.45) is 4.98. The molecule has 1 aromatic rings. The Morgan fingerprint density at radius 1 is 1.35 bits per heavy atom. The van der Waals surface area contributed by atoms with Crippen LogP contribution in [0, 0.1) is 12.3 Å². The largest absolute Gasteiger partial charge is 0.469 e. The van der Waals surface area contributed by atoms with Crippen molar-refractivity contribution in [3.63, 3.8) is 0 Å². The van der Waals surface area contributed by atoms with Crippen molar-refractivity contribution in [3.8, 4) is 0 Å². The fraction of sp³-hybridized carbons (Fsp3) is 0.600. The Hall–Kier alpha value is -1.78. The molecule has 0 unspecified atom stereocenters. The van der Waals surface area contributed by atoms with E-state index in [0.29, 0.717) is 17.9 Å². The van der Waals surface area contributed by atoms with E-state index in [2.05, 4.69) is 5.32 Å². The molecule has 5 nitrogen and oxygen atoms in total. The SMILES string of the molecule is Cc1occc1C(=O)N1CCC[C@@]2(CCNC2=O)CC1. The van der Waals surface area contributed by atoms with Gasteiger partial charge in [0.25, 0.3) is 5.91 Å². The van der Waals surface area contributed by atoms with Crippen LogP contribution in [-0.2, 0) is 4.79 Å². The second-order valence-corrected chi connectivity index (χ2v) is 5.82. The van der Waals surface area contributed by atoms with Gasteiger partial charge in [-0.1, -0.05) is 0 Å². The fourth-order valence-electron chi connectivity index (χ4n) is 3.37. The molecule has 20 heavy (non-hydrogen) atoms. The maximum Gasteiger partial charge on any atom is 0.257 e. The molecule has 3 rings (SSSR count). The molecule has 2 amide bonds. The van der Waals surface area contributed by atoms with Crippen LogP contribution in [0.25, 0.3) is 0 Å². The average molecular weight is 276 g/mol. The Morgan fingerprint density at radius 2 is 2.20 bits per heavy atom. The van der Waals surface area contributed by atoms with E-state index in [-0.39, 0.29) is 17.2 Å². The lowest BCUT2D eigenvalue weighted by Crippen LogP contribution is -2.35. The smallest absolute Gasteiger partial charge is 0.257 e. The lowest BCUT2D eigenvalue weighted by molar-refractivity contribution is -0.128. The third kappa shape index (κ3) is 2.11. The summed E-state index contributed by atoms with van der Waals surface area (Å²) < 4.78 is 5.21. The average Bonchev–Trinajstić information content (AvgIpc) is 2.92. The maximum absolute atomic E-state index is 12.5. The first-order valence-corrected chi connectivity index (χ1v) is 7.24. The Labute approximate surface area is 118 Å². The number of aryl methyl sites for hydroxylation is 1. The number of nitrogens with one attached hydrogen (secondary N) is 1. The van der Waals surface area contributed by atoms with Gasteiger partial charge >= 0.3 is 0 Å². The number of nitrogens with zero attached hydrogens (tertiary/aromatic N) is 1. The Balaban J connectivity index is 1.73. The molecule has 2 fully saturated rings. The number of furan rings is 1. The molecule has 3 heterocycles. The lowest BCUT2D eigenvalue weighted by atomic mass is 9.79. The van der Waals surface area contributed by atoms with E-state index in [4.69, 9.17) is 4.42 Å². The molecule has 1 N–H and O–H groups in total. The number of hydrogen-bond donors (Lipinski definition) is 1. The van der Waals surface area contributed by atoms with Gasteiger partial charge in [0.2, 0.25) is 5.91 Å². The number of hydrogen-bond acceptors (Lipinski definition) is 3. The van der Waals surface area contributed by atoms with E-state index in [1.54, 1.807) is 19.3 Å². The van der Waals surface area contributed by atoms with Gasteiger partial charge in [-0.3, -0.25) is 9.59 Å². The third-order valence-corrected chi connectivity index (χ3v) is 4.69. The minimum atomic E-state index is -0.236. The van der Waals surface area contributed by atoms with Crippen LogP contribution in [0.5, 0.6) is 0 Å². The van der Waals surface area contributed by atoms with Crippen molar-refractivity contribution in [1.29, 1.82) is 0 Å². The summed E-state index contributed by atoms with van der Waals surface area (Å²) in [5.74, 6) is 0.852. The maximum atomic E-state index is 12.5. The highest BCUT2D eigenvalue weighted by atomic mass is 16.3. The van der Waals surface area contributed by atoms with Crippen molar-refractivity contribution >= 4 is 11.8 Å². The van der Waals surface area contributed by atoms with Crippen LogP contribution in [0.1, 0.15) is 41.8 Å². The molecular weight excluding hydrogens is 256 g/mol. The van der Waals surface area contributed by atoms with Crippen LogP contribution in [-0.4, -0.2) is 36.3 Å². The summed E-state index contributed by atoms with van der Waals surface area (Å²) in [6.45, 7) is 3.94. The summed E-state index contributed by atoms with van der Waals surface area (Å²) in [7, 11) is 0. The molecule has 2 saturated heterocycles. The second-order valence-electron chi connectivity index (χ2n) is 5.82. The van der Waals surface area contributed by atoms with E-state index in [0.717, 1.165) is 38.8 Å². The molecule has 1 atom stereocenters. The summed E-state index contributed by atoms with van der Waals surface area (Å²) in [5, 5.41) is 2.93. The summed E-state index contributed by atoms with van der Waals surface area (Å²) in [6, 6.07) is 1.72. The number of carbonyl (C=O) groups is 2. The van der Waals surface area contributed by atoms with E-state index < -0.39 is 0 Å². The molecule has 0 aliphatic carbocycles. The highest BCUT2D eigenvalue weighted by molar-refractivity contribution is 5.95. The Bertz CT molecular complexity index is 537. The van der Waals surface area contributed by atoms with Crippen LogP contribution in [0.2, 0.25) is 0 Å². The van der Waals surface area contributed by atoms with Crippen LogP contribution in [0.4, 0.5) is 0 Å². The number of carbonyl (C=O) groups excluding carboxylic acids is 2. The first kappa shape index (κ1) is 13.2. The highest BCUT2D eigenvalue weighted by Gasteiger charge is 2.43. The van der Waals surface area contributed by atoms with Gasteiger partial charge in [-0.2, -0.15) is 0 Å². The van der Waals surface area contributed by atoms with Crippen LogP contribution >= 0.6 is 0 Å². The zero-order chi connectivity index (χ0) is 14.2. The molecule has 0 radical (unpaired) electrons. The molecule has 1 spiro atoms. The number of likely N-dealkylation sites (tertiary alicyclic amines) is 1. The molecule has 1 aromatic heterocycles. The van der Waals surface area contributed by atoms with Gasteiger partial charge in [-0.25, -0.2) is 0 Å². The Morgan fingerprint density at radius 3 is 2.85 bits per heavy atom. The molecule has 0 aromatic carbocycles. The normalized spacial score (nSPS) is 26.6. The summed E-state index contributed by atoms with van der Waals surface area (Å²) >= 11 is 0. The monoisotopic (exact) mass is 276 g/mol. The molecule has 2 aliphatic rings. The minimum absolute atomic E-state index is 0.0201. The molecular formula is C15H20N2O3. The number of rotatable bonds is 1. The van der Waals surface area contributed by atoms with Gasteiger partial charge in [0.05, 0.1) is 17.2 Å². The first-order valence-electron chi connectivity index (χ1n) is 7.24. The van der Waals surface area contributed by atoms with Crippen molar-refractivity contribution in [2.75, 3.05) is 19.6 Å². The van der Waals surface area contributed by atoms with Crippen molar-refractivity contribution in [2.24, 2.45) is 5.41 Å². The zero-order valence-electron chi connectivity index (χ0n) is 11.8. The van der Waals surface area contributed by atoms with Crippen molar-refractivity contribution in [3.05, 3.63) is 23.7 Å². The Kier molecular flexibility index (Phi) is 3.28. The predicted molar refractivity (Wildman–Crippen MR) is 73.3 cm³/mol. The quantitative estimate of drug-likeness (QED) is 0.849. The minimum Gasteiger partial charge on any atom is -0.469 e. The van der Waals surface area contributed by atoms with Crippen LogP contribution < -0.4 is 5.32 Å². The topological polar surface area (TPSA) is 62.6 Å². The van der Waals surface area contributed by atoms with Gasteiger partial charge in [-0.05, 0) is 38.7 Å². The zero-order valence-corrected chi connectivity index (χ0v) is 11.8. The van der Waals surface area contributed by atoms with E-state index in [9.17, 15) is 9.59 Å². The van der Waals surface area contributed by atoms with Crippen molar-refractivity contribution in [2.45, 2.75) is 32.6 Å². The molecule has 0 saturated carbocycles. The molecule has 2 aliphatic heterocycles. The van der Waals surface area contributed by atoms with E-state index >= 15 is 0 Å². The molecule has 108 valence electrons. The molecule has 5 heteroatoms. The van der Waals surface area contributed by atoms with Gasteiger partial charge in [0.15, 0.2) is 0 Å². The lowest BCUT2D eigenvalue weighted by Gasteiger charge is -2.24. The third-order valence-electron chi connectivity index (χ3n) is 4.69. The van der Waals surface area contributed by atoms with E-state index in [1.165, 1.54) is 0 Å². The standard InChI is InChI=1S/C15H20N2O3/c1-11-12(3-10-20-11)13(18)17-8-2-4-15(6-9-17)5-7-16-14(15)19/h3,10H,2,4-9H2,1H3,(H,16,19)/t15-/m1/s1. The van der Waals surface area contributed by atoms with Crippen molar-refractivity contribution in [1.82, 2.24) is 10.2 Å². The highest BCUT2D eigenvalue weighted by Crippen LogP contribution is 2.38. The first-order chi connectivity index (χ1) is 9.62. The van der Waals surface area contributed by atoms with Crippen molar-refractivity contribution < 1.29 is 14.0 Å².